The van der Waals surface area contributed by atoms with Gasteiger partial charge in [-0.05, 0) is 39.3 Å². The quantitative estimate of drug-likeness (QED) is 0.897. The summed E-state index contributed by atoms with van der Waals surface area (Å²) in [5.74, 6) is 0.895. The van der Waals surface area contributed by atoms with Crippen molar-refractivity contribution in [2.45, 2.75) is 38.8 Å². The number of nitrogens with one attached hydrogen (secondary N) is 2. The van der Waals surface area contributed by atoms with Gasteiger partial charge in [-0.1, -0.05) is 17.7 Å². The van der Waals surface area contributed by atoms with Crippen LogP contribution < -0.4 is 15.4 Å². The highest BCUT2D eigenvalue weighted by molar-refractivity contribution is 5.85. The lowest BCUT2D eigenvalue weighted by molar-refractivity contribution is -0.123. The van der Waals surface area contributed by atoms with E-state index in [1.165, 1.54) is 0 Å². The molecule has 1 fully saturated rings. The van der Waals surface area contributed by atoms with Crippen LogP contribution in [0.4, 0.5) is 0 Å². The zero-order valence-electron chi connectivity index (χ0n) is 12.2. The standard InChI is InChI=1S/C15H22N2O2.ClH/c1-10-6-7-14(19-3)12(9-10)11(2)17-15(18)13-5-4-8-16-13;/h6-7,9,11,13,16H,4-5,8H2,1-3H3,(H,17,18);1H. The second-order valence-electron chi connectivity index (χ2n) is 5.12. The SMILES string of the molecule is COc1ccc(C)cc1C(C)NC(=O)C1CCCN1.Cl. The van der Waals surface area contributed by atoms with E-state index in [9.17, 15) is 4.79 Å². The molecule has 0 aliphatic carbocycles. The molecule has 1 aliphatic rings. The summed E-state index contributed by atoms with van der Waals surface area (Å²) < 4.78 is 5.36. The smallest absolute Gasteiger partial charge is 0.237 e. The molecule has 1 saturated heterocycles. The topological polar surface area (TPSA) is 50.4 Å². The van der Waals surface area contributed by atoms with Crippen molar-refractivity contribution in [2.24, 2.45) is 0 Å². The first kappa shape index (κ1) is 16.8. The minimum absolute atomic E-state index is 0. The minimum atomic E-state index is -0.0512. The van der Waals surface area contributed by atoms with Crippen molar-refractivity contribution < 1.29 is 9.53 Å². The van der Waals surface area contributed by atoms with Crippen molar-refractivity contribution in [1.29, 1.82) is 0 Å². The van der Waals surface area contributed by atoms with Crippen LogP contribution in [0.15, 0.2) is 18.2 Å². The number of ether oxygens (including phenoxy) is 1. The van der Waals surface area contributed by atoms with Crippen molar-refractivity contribution in [1.82, 2.24) is 10.6 Å². The Morgan fingerprint density at radius 1 is 1.50 bits per heavy atom. The van der Waals surface area contributed by atoms with E-state index >= 15 is 0 Å². The largest absolute Gasteiger partial charge is 0.496 e. The molecule has 2 atom stereocenters. The predicted molar refractivity (Wildman–Crippen MR) is 82.6 cm³/mol. The van der Waals surface area contributed by atoms with Crippen molar-refractivity contribution in [2.75, 3.05) is 13.7 Å². The Balaban J connectivity index is 0.00000200. The summed E-state index contributed by atoms with van der Waals surface area (Å²) in [5, 5.41) is 6.27. The highest BCUT2D eigenvalue weighted by Crippen LogP contribution is 2.26. The van der Waals surface area contributed by atoms with Gasteiger partial charge in [-0.15, -0.1) is 12.4 Å². The molecule has 1 heterocycles. The molecule has 1 aromatic carbocycles. The molecule has 0 spiro atoms. The average Bonchev–Trinajstić information content (AvgIpc) is 2.92. The zero-order chi connectivity index (χ0) is 13.8. The van der Waals surface area contributed by atoms with E-state index in [4.69, 9.17) is 4.74 Å². The fourth-order valence-corrected chi connectivity index (χ4v) is 2.49. The lowest BCUT2D eigenvalue weighted by Crippen LogP contribution is -2.41. The Hall–Kier alpha value is -1.26. The van der Waals surface area contributed by atoms with Crippen molar-refractivity contribution in [3.8, 4) is 5.75 Å². The maximum absolute atomic E-state index is 12.1. The summed E-state index contributed by atoms with van der Waals surface area (Å²) in [4.78, 5) is 12.1. The first-order valence-corrected chi connectivity index (χ1v) is 6.80. The number of amides is 1. The average molecular weight is 299 g/mol. The monoisotopic (exact) mass is 298 g/mol. The number of aryl methyl sites for hydroxylation is 1. The molecule has 0 aromatic heterocycles. The third kappa shape index (κ3) is 3.87. The van der Waals surface area contributed by atoms with Crippen LogP contribution in [-0.2, 0) is 4.79 Å². The van der Waals surface area contributed by atoms with Crippen molar-refractivity contribution in [3.05, 3.63) is 29.3 Å². The number of carbonyl (C=O) groups is 1. The van der Waals surface area contributed by atoms with E-state index in [2.05, 4.69) is 16.7 Å². The summed E-state index contributed by atoms with van der Waals surface area (Å²) in [6.45, 7) is 4.96. The zero-order valence-corrected chi connectivity index (χ0v) is 13.0. The van der Waals surface area contributed by atoms with Gasteiger partial charge in [0.1, 0.15) is 5.75 Å². The molecule has 2 rings (SSSR count). The highest BCUT2D eigenvalue weighted by atomic mass is 35.5. The molecular weight excluding hydrogens is 276 g/mol. The van der Waals surface area contributed by atoms with E-state index in [1.54, 1.807) is 7.11 Å². The van der Waals surface area contributed by atoms with Gasteiger partial charge in [0.2, 0.25) is 5.91 Å². The number of hydrogen-bond donors (Lipinski definition) is 2. The van der Waals surface area contributed by atoms with Gasteiger partial charge >= 0.3 is 0 Å². The molecule has 0 bridgehead atoms. The van der Waals surface area contributed by atoms with E-state index < -0.39 is 0 Å². The second kappa shape index (κ2) is 7.50. The van der Waals surface area contributed by atoms with Gasteiger partial charge in [0.25, 0.3) is 0 Å². The van der Waals surface area contributed by atoms with Crippen molar-refractivity contribution in [3.63, 3.8) is 0 Å². The normalized spacial score (nSPS) is 19.1. The number of halogens is 1. The number of methoxy groups -OCH3 is 1. The molecule has 0 radical (unpaired) electrons. The Morgan fingerprint density at radius 2 is 2.25 bits per heavy atom. The van der Waals surface area contributed by atoms with Crippen molar-refractivity contribution >= 4 is 18.3 Å². The third-order valence-electron chi connectivity index (χ3n) is 3.59. The van der Waals surface area contributed by atoms with Gasteiger partial charge in [0.15, 0.2) is 0 Å². The molecule has 4 nitrogen and oxygen atoms in total. The van der Waals surface area contributed by atoms with Crippen LogP contribution >= 0.6 is 12.4 Å². The van der Waals surface area contributed by atoms with Gasteiger partial charge in [-0.25, -0.2) is 0 Å². The molecule has 5 heteroatoms. The summed E-state index contributed by atoms with van der Waals surface area (Å²) in [5.41, 5.74) is 2.18. The molecule has 0 saturated carbocycles. The molecule has 1 aromatic rings. The number of hydrogen-bond acceptors (Lipinski definition) is 3. The second-order valence-corrected chi connectivity index (χ2v) is 5.12. The molecular formula is C15H23ClN2O2. The molecule has 2 N–H and O–H groups in total. The first-order valence-electron chi connectivity index (χ1n) is 6.80. The van der Waals surface area contributed by atoms with E-state index in [0.29, 0.717) is 0 Å². The van der Waals surface area contributed by atoms with Crippen LogP contribution in [0.5, 0.6) is 5.75 Å². The number of carbonyl (C=O) groups excluding carboxylic acids is 1. The van der Waals surface area contributed by atoms with Crippen LogP contribution in [0.25, 0.3) is 0 Å². The highest BCUT2D eigenvalue weighted by Gasteiger charge is 2.24. The fourth-order valence-electron chi connectivity index (χ4n) is 2.49. The molecule has 2 unspecified atom stereocenters. The Kier molecular flexibility index (Phi) is 6.30. The lowest BCUT2D eigenvalue weighted by atomic mass is 10.0. The van der Waals surface area contributed by atoms with Gasteiger partial charge in [0, 0.05) is 5.56 Å². The summed E-state index contributed by atoms with van der Waals surface area (Å²) in [6, 6.07) is 5.92. The van der Waals surface area contributed by atoms with E-state index in [0.717, 1.165) is 36.3 Å². The Morgan fingerprint density at radius 3 is 2.85 bits per heavy atom. The first-order chi connectivity index (χ1) is 9.11. The van der Waals surface area contributed by atoms with Gasteiger partial charge in [-0.2, -0.15) is 0 Å². The molecule has 20 heavy (non-hydrogen) atoms. The minimum Gasteiger partial charge on any atom is -0.496 e. The summed E-state index contributed by atoms with van der Waals surface area (Å²) in [7, 11) is 1.65. The molecule has 1 aliphatic heterocycles. The van der Waals surface area contributed by atoms with Crippen LogP contribution in [-0.4, -0.2) is 25.6 Å². The lowest BCUT2D eigenvalue weighted by Gasteiger charge is -2.20. The van der Waals surface area contributed by atoms with Crippen LogP contribution in [0.1, 0.15) is 36.9 Å². The van der Waals surface area contributed by atoms with Crippen LogP contribution in [0.3, 0.4) is 0 Å². The molecule has 1 amide bonds. The van der Waals surface area contributed by atoms with Crippen LogP contribution in [0.2, 0.25) is 0 Å². The van der Waals surface area contributed by atoms with Gasteiger partial charge < -0.3 is 15.4 Å². The maximum atomic E-state index is 12.1. The maximum Gasteiger partial charge on any atom is 0.237 e. The van der Waals surface area contributed by atoms with E-state index in [-0.39, 0.29) is 30.4 Å². The van der Waals surface area contributed by atoms with Gasteiger partial charge in [0.05, 0.1) is 19.2 Å². The van der Waals surface area contributed by atoms with E-state index in [1.807, 2.05) is 26.0 Å². The van der Waals surface area contributed by atoms with Crippen LogP contribution in [0, 0.1) is 6.92 Å². The summed E-state index contributed by atoms with van der Waals surface area (Å²) >= 11 is 0. The van der Waals surface area contributed by atoms with Gasteiger partial charge in [-0.3, -0.25) is 4.79 Å². The molecule has 112 valence electrons. The Bertz CT molecular complexity index is 459. The predicted octanol–water partition coefficient (Wildman–Crippen LogP) is 2.35. The summed E-state index contributed by atoms with van der Waals surface area (Å²) in [6.07, 6.45) is 1.99. The third-order valence-corrected chi connectivity index (χ3v) is 3.59. The fraction of sp³-hybridized carbons (Fsp3) is 0.533. The number of rotatable bonds is 4. The Labute approximate surface area is 126 Å². The number of benzene rings is 1.